The normalized spacial score (nSPS) is 11.6. The van der Waals surface area contributed by atoms with Crippen LogP contribution in [-0.4, -0.2) is 22.8 Å². The van der Waals surface area contributed by atoms with Crippen molar-refractivity contribution in [3.63, 3.8) is 0 Å². The number of hydrogen-bond acceptors (Lipinski definition) is 5. The van der Waals surface area contributed by atoms with Gasteiger partial charge in [0.1, 0.15) is 11.8 Å². The summed E-state index contributed by atoms with van der Waals surface area (Å²) in [5, 5.41) is 7.09. The fourth-order valence-electron chi connectivity index (χ4n) is 2.60. The predicted octanol–water partition coefficient (Wildman–Crippen LogP) is 2.70. The molecule has 0 aliphatic carbocycles. The SMILES string of the molecule is COc1cccc(-c2ccc(=O)n(C(C)C(=O)Nc3ccccc3N)n2)c1. The molecule has 0 spiro atoms. The molecule has 0 aliphatic rings. The molecule has 3 aromatic rings. The molecule has 7 nitrogen and oxygen atoms in total. The summed E-state index contributed by atoms with van der Waals surface area (Å²) >= 11 is 0. The van der Waals surface area contributed by atoms with Gasteiger partial charge in [0.2, 0.25) is 5.91 Å². The number of rotatable bonds is 5. The van der Waals surface area contributed by atoms with E-state index in [0.29, 0.717) is 22.8 Å². The monoisotopic (exact) mass is 364 g/mol. The Kier molecular flexibility index (Phi) is 5.21. The quantitative estimate of drug-likeness (QED) is 0.678. The Morgan fingerprint density at radius 3 is 2.67 bits per heavy atom. The number of nitrogens with zero attached hydrogens (tertiary/aromatic N) is 2. The third-order valence-electron chi connectivity index (χ3n) is 4.16. The lowest BCUT2D eigenvalue weighted by molar-refractivity contribution is -0.119. The number of carbonyl (C=O) groups is 1. The number of nitrogen functional groups attached to an aromatic ring is 1. The first-order chi connectivity index (χ1) is 13.0. The highest BCUT2D eigenvalue weighted by atomic mass is 16.5. The van der Waals surface area contributed by atoms with E-state index in [9.17, 15) is 9.59 Å². The van der Waals surface area contributed by atoms with Crippen LogP contribution in [0.5, 0.6) is 5.75 Å². The van der Waals surface area contributed by atoms with Gasteiger partial charge in [-0.25, -0.2) is 4.68 Å². The van der Waals surface area contributed by atoms with E-state index in [0.717, 1.165) is 10.2 Å². The van der Waals surface area contributed by atoms with Crippen molar-refractivity contribution >= 4 is 17.3 Å². The van der Waals surface area contributed by atoms with E-state index in [1.54, 1.807) is 44.4 Å². The lowest BCUT2D eigenvalue weighted by atomic mass is 10.1. The van der Waals surface area contributed by atoms with Crippen molar-refractivity contribution in [2.75, 3.05) is 18.2 Å². The highest BCUT2D eigenvalue weighted by Gasteiger charge is 2.19. The zero-order valence-corrected chi connectivity index (χ0v) is 15.0. The van der Waals surface area contributed by atoms with Crippen molar-refractivity contribution in [2.24, 2.45) is 0 Å². The van der Waals surface area contributed by atoms with Crippen LogP contribution in [0, 0.1) is 0 Å². The second-order valence-electron chi connectivity index (χ2n) is 5.99. The van der Waals surface area contributed by atoms with Crippen LogP contribution in [0.25, 0.3) is 11.3 Å². The smallest absolute Gasteiger partial charge is 0.267 e. The largest absolute Gasteiger partial charge is 0.497 e. The number of para-hydroxylation sites is 2. The van der Waals surface area contributed by atoms with Gasteiger partial charge in [0.15, 0.2) is 0 Å². The van der Waals surface area contributed by atoms with E-state index < -0.39 is 6.04 Å². The molecule has 3 rings (SSSR count). The Morgan fingerprint density at radius 2 is 1.93 bits per heavy atom. The zero-order chi connectivity index (χ0) is 19.4. The Morgan fingerprint density at radius 1 is 1.15 bits per heavy atom. The van der Waals surface area contributed by atoms with E-state index in [1.807, 2.05) is 24.3 Å². The highest BCUT2D eigenvalue weighted by molar-refractivity contribution is 5.96. The van der Waals surface area contributed by atoms with Crippen LogP contribution in [0.4, 0.5) is 11.4 Å². The Balaban J connectivity index is 1.90. The molecule has 1 unspecified atom stereocenters. The molecule has 1 aromatic heterocycles. The minimum absolute atomic E-state index is 0.370. The Bertz CT molecular complexity index is 1030. The molecule has 138 valence electrons. The number of nitrogens with two attached hydrogens (primary N) is 1. The van der Waals surface area contributed by atoms with Crippen LogP contribution in [0.1, 0.15) is 13.0 Å². The fraction of sp³-hybridized carbons (Fsp3) is 0.150. The van der Waals surface area contributed by atoms with Crippen molar-refractivity contribution in [1.82, 2.24) is 9.78 Å². The van der Waals surface area contributed by atoms with Crippen LogP contribution < -0.4 is 21.3 Å². The molecule has 7 heteroatoms. The van der Waals surface area contributed by atoms with Crippen LogP contribution in [0.2, 0.25) is 0 Å². The number of methoxy groups -OCH3 is 1. The fourth-order valence-corrected chi connectivity index (χ4v) is 2.60. The van der Waals surface area contributed by atoms with E-state index in [2.05, 4.69) is 10.4 Å². The van der Waals surface area contributed by atoms with Gasteiger partial charge in [0.05, 0.1) is 24.2 Å². The molecule has 3 N–H and O–H groups in total. The van der Waals surface area contributed by atoms with Gasteiger partial charge < -0.3 is 15.8 Å². The Labute approximate surface area is 156 Å². The summed E-state index contributed by atoms with van der Waals surface area (Å²) in [4.78, 5) is 24.8. The van der Waals surface area contributed by atoms with E-state index in [4.69, 9.17) is 10.5 Å². The molecule has 0 saturated heterocycles. The predicted molar refractivity (Wildman–Crippen MR) is 105 cm³/mol. The number of anilines is 2. The molecular formula is C20H20N4O3. The summed E-state index contributed by atoms with van der Waals surface area (Å²) in [5.41, 5.74) is 7.77. The van der Waals surface area contributed by atoms with E-state index >= 15 is 0 Å². The summed E-state index contributed by atoms with van der Waals surface area (Å²) in [6.07, 6.45) is 0. The second kappa shape index (κ2) is 7.74. The molecule has 2 aromatic carbocycles. The summed E-state index contributed by atoms with van der Waals surface area (Å²) < 4.78 is 6.38. The van der Waals surface area contributed by atoms with Crippen LogP contribution >= 0.6 is 0 Å². The standard InChI is InChI=1S/C20H20N4O3/c1-13(20(26)22-18-9-4-3-8-16(18)21)24-19(25)11-10-17(23-24)14-6-5-7-15(12-14)27-2/h3-13H,21H2,1-2H3,(H,22,26). The molecule has 27 heavy (non-hydrogen) atoms. The number of amides is 1. The molecule has 1 atom stereocenters. The van der Waals surface area contributed by atoms with Crippen LogP contribution in [0.15, 0.2) is 65.5 Å². The molecule has 0 fully saturated rings. The number of hydrogen-bond donors (Lipinski definition) is 2. The molecule has 0 radical (unpaired) electrons. The molecule has 0 saturated carbocycles. The van der Waals surface area contributed by atoms with Crippen molar-refractivity contribution in [3.8, 4) is 17.0 Å². The maximum Gasteiger partial charge on any atom is 0.267 e. The van der Waals surface area contributed by atoms with Crippen molar-refractivity contribution in [2.45, 2.75) is 13.0 Å². The topological polar surface area (TPSA) is 99.2 Å². The minimum Gasteiger partial charge on any atom is -0.497 e. The van der Waals surface area contributed by atoms with Gasteiger partial charge in [-0.15, -0.1) is 0 Å². The highest BCUT2D eigenvalue weighted by Crippen LogP contribution is 2.22. The minimum atomic E-state index is -0.817. The number of aromatic nitrogens is 2. The number of ether oxygens (including phenoxy) is 1. The van der Waals surface area contributed by atoms with Gasteiger partial charge >= 0.3 is 0 Å². The summed E-state index contributed by atoms with van der Waals surface area (Å²) in [6.45, 7) is 1.61. The maximum atomic E-state index is 12.6. The summed E-state index contributed by atoms with van der Waals surface area (Å²) in [6, 6.07) is 16.4. The third kappa shape index (κ3) is 3.98. The first-order valence-electron chi connectivity index (χ1n) is 8.39. The lowest BCUT2D eigenvalue weighted by Crippen LogP contribution is -2.33. The van der Waals surface area contributed by atoms with Crippen LogP contribution in [0.3, 0.4) is 0 Å². The molecule has 1 amide bonds. The average molecular weight is 364 g/mol. The molecular weight excluding hydrogens is 344 g/mol. The van der Waals surface area contributed by atoms with Gasteiger partial charge in [-0.3, -0.25) is 9.59 Å². The zero-order valence-electron chi connectivity index (χ0n) is 15.0. The van der Waals surface area contributed by atoms with Crippen molar-refractivity contribution in [3.05, 3.63) is 71.0 Å². The molecule has 1 heterocycles. The van der Waals surface area contributed by atoms with E-state index in [-0.39, 0.29) is 11.5 Å². The molecule has 0 bridgehead atoms. The number of nitrogens with one attached hydrogen (secondary N) is 1. The second-order valence-corrected chi connectivity index (χ2v) is 5.99. The van der Waals surface area contributed by atoms with Crippen molar-refractivity contribution < 1.29 is 9.53 Å². The molecule has 0 aliphatic heterocycles. The third-order valence-corrected chi connectivity index (χ3v) is 4.16. The van der Waals surface area contributed by atoms with Crippen molar-refractivity contribution in [1.29, 1.82) is 0 Å². The average Bonchev–Trinajstić information content (AvgIpc) is 2.69. The maximum absolute atomic E-state index is 12.6. The van der Waals surface area contributed by atoms with Gasteiger partial charge in [0.25, 0.3) is 5.56 Å². The number of carbonyl (C=O) groups excluding carboxylic acids is 1. The Hall–Kier alpha value is -3.61. The van der Waals surface area contributed by atoms with Gasteiger partial charge in [-0.05, 0) is 37.3 Å². The first-order valence-corrected chi connectivity index (χ1v) is 8.39. The van der Waals surface area contributed by atoms with Gasteiger partial charge in [-0.1, -0.05) is 24.3 Å². The van der Waals surface area contributed by atoms with Gasteiger partial charge in [-0.2, -0.15) is 5.10 Å². The summed E-state index contributed by atoms with van der Waals surface area (Å²) in [7, 11) is 1.58. The summed E-state index contributed by atoms with van der Waals surface area (Å²) in [5.74, 6) is 0.294. The first kappa shape index (κ1) is 18.2. The lowest BCUT2D eigenvalue weighted by Gasteiger charge is -2.16. The number of benzene rings is 2. The van der Waals surface area contributed by atoms with Gasteiger partial charge in [0, 0.05) is 11.6 Å². The van der Waals surface area contributed by atoms with E-state index in [1.165, 1.54) is 6.07 Å². The van der Waals surface area contributed by atoms with Crippen LogP contribution in [-0.2, 0) is 4.79 Å².